The summed E-state index contributed by atoms with van der Waals surface area (Å²) in [5, 5.41) is 20.3. The first kappa shape index (κ1) is 14.0. The molecule has 1 aromatic rings. The highest BCUT2D eigenvalue weighted by molar-refractivity contribution is 7.91. The number of halogens is 1. The van der Waals surface area contributed by atoms with Gasteiger partial charge in [0, 0.05) is 6.07 Å². The summed E-state index contributed by atoms with van der Waals surface area (Å²) in [6.07, 6.45) is -2.13. The number of nitrogens with zero attached hydrogens (tertiary/aromatic N) is 1. The first-order valence-corrected chi connectivity index (χ1v) is 7.47. The lowest BCUT2D eigenvalue weighted by Crippen LogP contribution is -2.29. The van der Waals surface area contributed by atoms with E-state index in [4.69, 9.17) is 16.3 Å². The van der Waals surface area contributed by atoms with Gasteiger partial charge in [-0.2, -0.15) is 0 Å². The minimum atomic E-state index is -3.36. The second kappa shape index (κ2) is 4.95. The van der Waals surface area contributed by atoms with Crippen molar-refractivity contribution in [2.24, 2.45) is 0 Å². The number of nitro groups is 1. The minimum absolute atomic E-state index is 0.0167. The van der Waals surface area contributed by atoms with Gasteiger partial charge in [0.2, 0.25) is 0 Å². The van der Waals surface area contributed by atoms with Crippen molar-refractivity contribution in [3.63, 3.8) is 0 Å². The molecule has 1 N–H and O–H groups in total. The van der Waals surface area contributed by atoms with E-state index < -0.39 is 27.0 Å². The summed E-state index contributed by atoms with van der Waals surface area (Å²) >= 11 is 5.82. The highest BCUT2D eigenvalue weighted by Crippen LogP contribution is 2.31. The van der Waals surface area contributed by atoms with E-state index in [1.54, 1.807) is 0 Å². The largest absolute Gasteiger partial charge is 0.485 e. The smallest absolute Gasteiger partial charge is 0.273 e. The molecule has 0 spiro atoms. The average molecular weight is 308 g/mol. The van der Waals surface area contributed by atoms with Gasteiger partial charge in [0.25, 0.3) is 5.69 Å². The lowest BCUT2D eigenvalue weighted by Gasteiger charge is -2.16. The fourth-order valence-electron chi connectivity index (χ4n) is 1.77. The number of aliphatic hydroxyl groups excluding tert-OH is 1. The molecular formula is C10H10ClNO6S. The monoisotopic (exact) mass is 307 g/mol. The van der Waals surface area contributed by atoms with Crippen molar-refractivity contribution in [2.45, 2.75) is 12.2 Å². The van der Waals surface area contributed by atoms with Gasteiger partial charge in [0.05, 0.1) is 27.5 Å². The Labute approximate surface area is 113 Å². The van der Waals surface area contributed by atoms with Gasteiger partial charge in [0.1, 0.15) is 18.0 Å². The Morgan fingerprint density at radius 2 is 2.11 bits per heavy atom. The molecule has 1 aromatic carbocycles. The van der Waals surface area contributed by atoms with Crippen molar-refractivity contribution in [1.82, 2.24) is 0 Å². The number of non-ortho nitro benzene ring substituents is 1. The third kappa shape index (κ3) is 3.14. The van der Waals surface area contributed by atoms with Crippen LogP contribution in [0.4, 0.5) is 5.69 Å². The van der Waals surface area contributed by atoms with E-state index in [0.29, 0.717) is 0 Å². The van der Waals surface area contributed by atoms with Crippen LogP contribution in [0.3, 0.4) is 0 Å². The zero-order valence-corrected chi connectivity index (χ0v) is 11.1. The van der Waals surface area contributed by atoms with Gasteiger partial charge >= 0.3 is 0 Å². The van der Waals surface area contributed by atoms with Gasteiger partial charge in [-0.05, 0) is 6.07 Å². The first-order valence-electron chi connectivity index (χ1n) is 5.27. The van der Waals surface area contributed by atoms with E-state index >= 15 is 0 Å². The number of benzene rings is 1. The molecule has 1 heterocycles. The second-order valence-corrected chi connectivity index (χ2v) is 6.73. The number of hydrogen-bond donors (Lipinski definition) is 1. The summed E-state index contributed by atoms with van der Waals surface area (Å²) in [4.78, 5) is 10.0. The van der Waals surface area contributed by atoms with E-state index in [2.05, 4.69) is 0 Å². The van der Waals surface area contributed by atoms with Gasteiger partial charge in [0.15, 0.2) is 9.84 Å². The van der Waals surface area contributed by atoms with Crippen molar-refractivity contribution in [2.75, 3.05) is 11.5 Å². The zero-order chi connectivity index (χ0) is 14.2. The molecule has 19 heavy (non-hydrogen) atoms. The molecule has 1 fully saturated rings. The van der Waals surface area contributed by atoms with Crippen LogP contribution >= 0.6 is 11.6 Å². The summed E-state index contributed by atoms with van der Waals surface area (Å²) in [6, 6.07) is 3.59. The molecule has 7 nitrogen and oxygen atoms in total. The zero-order valence-electron chi connectivity index (χ0n) is 9.52. The molecule has 9 heteroatoms. The third-order valence-corrected chi connectivity index (χ3v) is 4.67. The number of aliphatic hydroxyl groups is 1. The molecular weight excluding hydrogens is 298 g/mol. The highest BCUT2D eigenvalue weighted by atomic mass is 35.5. The van der Waals surface area contributed by atoms with E-state index in [1.807, 2.05) is 0 Å². The molecule has 1 saturated heterocycles. The molecule has 0 radical (unpaired) electrons. The van der Waals surface area contributed by atoms with Gasteiger partial charge in [-0.1, -0.05) is 11.6 Å². The van der Waals surface area contributed by atoms with E-state index in [9.17, 15) is 23.6 Å². The topological polar surface area (TPSA) is 107 Å². The van der Waals surface area contributed by atoms with Crippen LogP contribution in [0.5, 0.6) is 5.75 Å². The summed E-state index contributed by atoms with van der Waals surface area (Å²) < 4.78 is 27.9. The molecule has 1 aliphatic heterocycles. The lowest BCUT2D eigenvalue weighted by molar-refractivity contribution is -0.385. The van der Waals surface area contributed by atoms with Crippen molar-refractivity contribution < 1.29 is 23.2 Å². The molecule has 104 valence electrons. The summed E-state index contributed by atoms with van der Waals surface area (Å²) in [5.41, 5.74) is -0.227. The number of ether oxygens (including phenoxy) is 1. The Kier molecular flexibility index (Phi) is 3.66. The summed E-state index contributed by atoms with van der Waals surface area (Å²) in [6.45, 7) is 0. The standard InChI is InChI=1S/C10H10ClNO6S/c11-7-2-1-6(12(14)15)3-9(7)18-10-5-19(16,17)4-8(10)13/h1-3,8,10,13H,4-5H2. The maximum Gasteiger partial charge on any atom is 0.273 e. The number of rotatable bonds is 3. The average Bonchev–Trinajstić information content (AvgIpc) is 2.54. The Hall–Kier alpha value is -1.38. The Bertz CT molecular complexity index is 616. The van der Waals surface area contributed by atoms with Gasteiger partial charge < -0.3 is 9.84 Å². The summed E-state index contributed by atoms with van der Waals surface area (Å²) in [7, 11) is -3.36. The van der Waals surface area contributed by atoms with Crippen LogP contribution in [0.15, 0.2) is 18.2 Å². The van der Waals surface area contributed by atoms with E-state index in [1.165, 1.54) is 12.1 Å². The van der Waals surface area contributed by atoms with E-state index in [-0.39, 0.29) is 28.0 Å². The third-order valence-electron chi connectivity index (χ3n) is 2.68. The fourth-order valence-corrected chi connectivity index (χ4v) is 3.59. The Morgan fingerprint density at radius 1 is 1.42 bits per heavy atom. The quantitative estimate of drug-likeness (QED) is 0.653. The molecule has 0 aliphatic carbocycles. The molecule has 2 unspecified atom stereocenters. The van der Waals surface area contributed by atoms with Crippen LogP contribution in [0, 0.1) is 10.1 Å². The van der Waals surface area contributed by atoms with Crippen molar-refractivity contribution in [3.05, 3.63) is 33.3 Å². The van der Waals surface area contributed by atoms with Crippen LogP contribution in [0.1, 0.15) is 0 Å². The number of sulfone groups is 1. The minimum Gasteiger partial charge on any atom is -0.485 e. The number of hydrogen-bond acceptors (Lipinski definition) is 6. The molecule has 2 rings (SSSR count). The number of nitro benzene ring substituents is 1. The Balaban J connectivity index is 2.24. The highest BCUT2D eigenvalue weighted by Gasteiger charge is 2.38. The normalized spacial score (nSPS) is 25.2. The van der Waals surface area contributed by atoms with Gasteiger partial charge in [-0.3, -0.25) is 10.1 Å². The second-order valence-electron chi connectivity index (χ2n) is 4.17. The van der Waals surface area contributed by atoms with Crippen LogP contribution in [0.25, 0.3) is 0 Å². The predicted octanol–water partition coefficient (Wildman–Crippen LogP) is 0.785. The van der Waals surface area contributed by atoms with Crippen molar-refractivity contribution in [3.8, 4) is 5.75 Å². The molecule has 0 bridgehead atoms. The maximum atomic E-state index is 11.3. The molecule has 1 aliphatic rings. The molecule has 0 amide bonds. The summed E-state index contributed by atoms with van der Waals surface area (Å²) in [5.74, 6) is -0.741. The Morgan fingerprint density at radius 3 is 2.63 bits per heavy atom. The lowest BCUT2D eigenvalue weighted by atomic mass is 10.2. The molecule has 0 aromatic heterocycles. The van der Waals surface area contributed by atoms with Crippen LogP contribution in [-0.4, -0.2) is 42.2 Å². The van der Waals surface area contributed by atoms with Crippen LogP contribution in [-0.2, 0) is 9.84 Å². The molecule has 0 saturated carbocycles. The first-order chi connectivity index (χ1) is 8.78. The SMILES string of the molecule is O=[N+]([O-])c1ccc(Cl)c(OC2CS(=O)(=O)CC2O)c1. The van der Waals surface area contributed by atoms with Crippen molar-refractivity contribution >= 4 is 27.1 Å². The fraction of sp³-hybridized carbons (Fsp3) is 0.400. The van der Waals surface area contributed by atoms with Gasteiger partial charge in [-0.25, -0.2) is 8.42 Å². The van der Waals surface area contributed by atoms with Crippen LogP contribution in [0.2, 0.25) is 5.02 Å². The van der Waals surface area contributed by atoms with E-state index in [0.717, 1.165) is 6.07 Å². The van der Waals surface area contributed by atoms with Gasteiger partial charge in [-0.15, -0.1) is 0 Å². The predicted molar refractivity (Wildman–Crippen MR) is 67.2 cm³/mol. The van der Waals surface area contributed by atoms with Crippen molar-refractivity contribution in [1.29, 1.82) is 0 Å². The molecule has 2 atom stereocenters. The van der Waals surface area contributed by atoms with Crippen LogP contribution < -0.4 is 4.74 Å². The maximum absolute atomic E-state index is 11.3.